The Kier molecular flexibility index (Phi) is 3.23. The molecule has 0 spiro atoms. The predicted octanol–water partition coefficient (Wildman–Crippen LogP) is 1.51. The van der Waals surface area contributed by atoms with Crippen LogP contribution in [0, 0.1) is 0 Å². The number of hydrogen-bond donors (Lipinski definition) is 2. The molecule has 2 aromatic rings. The molecule has 0 radical (unpaired) electrons. The second-order valence-corrected chi connectivity index (χ2v) is 3.93. The fourth-order valence-corrected chi connectivity index (χ4v) is 1.58. The Morgan fingerprint density at radius 2 is 2.28 bits per heavy atom. The van der Waals surface area contributed by atoms with E-state index in [9.17, 15) is 0 Å². The number of nitrogens with two attached hydrogens (primary N) is 1. The Labute approximate surface area is 105 Å². The Bertz CT molecular complexity index is 610. The number of rotatable bonds is 3. The lowest BCUT2D eigenvalue weighted by molar-refractivity contribution is -0.649. The standard InChI is InChI=1S/C13H15N5/c1-4-5-6-7-9(2)12-16-10-11(14)15-8-18(3)13(10)17-12/h4-8H,2H2,1,3H3,(H2,14,16,17)/p+1. The molecule has 0 atom stereocenters. The van der Waals surface area contributed by atoms with E-state index in [1.807, 2.05) is 42.8 Å². The van der Waals surface area contributed by atoms with E-state index in [4.69, 9.17) is 5.73 Å². The molecule has 92 valence electrons. The molecule has 5 nitrogen and oxygen atoms in total. The molecule has 0 amide bonds. The summed E-state index contributed by atoms with van der Waals surface area (Å²) in [7, 11) is 1.87. The van der Waals surface area contributed by atoms with Crippen LogP contribution in [0.15, 0.2) is 37.2 Å². The van der Waals surface area contributed by atoms with E-state index in [0.717, 1.165) is 16.7 Å². The van der Waals surface area contributed by atoms with Gasteiger partial charge in [0.05, 0.1) is 7.05 Å². The lowest BCUT2D eigenvalue weighted by Crippen LogP contribution is -2.29. The van der Waals surface area contributed by atoms with E-state index in [1.165, 1.54) is 0 Å². The van der Waals surface area contributed by atoms with Crippen molar-refractivity contribution in [2.45, 2.75) is 6.92 Å². The summed E-state index contributed by atoms with van der Waals surface area (Å²) in [5.74, 6) is 1.13. The zero-order valence-electron chi connectivity index (χ0n) is 10.5. The number of nitrogens with one attached hydrogen (secondary N) is 1. The molecule has 0 unspecified atom stereocenters. The van der Waals surface area contributed by atoms with Gasteiger partial charge in [0.2, 0.25) is 18.0 Å². The summed E-state index contributed by atoms with van der Waals surface area (Å²) in [4.78, 5) is 11.7. The first-order chi connectivity index (χ1) is 8.63. The highest BCUT2D eigenvalue weighted by Gasteiger charge is 2.16. The number of fused-ring (bicyclic) bond motifs is 1. The maximum atomic E-state index is 5.81. The summed E-state index contributed by atoms with van der Waals surface area (Å²) >= 11 is 0. The van der Waals surface area contributed by atoms with Crippen molar-refractivity contribution >= 4 is 22.6 Å². The molecular weight excluding hydrogens is 226 g/mol. The SMILES string of the molecule is C=C(C=CC=CC)c1nc2c([nH]1)c(N)nc[n+]2C. The molecule has 3 N–H and O–H groups in total. The maximum Gasteiger partial charge on any atom is 0.293 e. The van der Waals surface area contributed by atoms with Gasteiger partial charge in [-0.3, -0.25) is 0 Å². The van der Waals surface area contributed by atoms with Crippen LogP contribution in [0.25, 0.3) is 16.7 Å². The lowest BCUT2D eigenvalue weighted by Gasteiger charge is -1.90. The van der Waals surface area contributed by atoms with Gasteiger partial charge in [-0.15, -0.1) is 0 Å². The third-order valence-electron chi connectivity index (χ3n) is 2.55. The zero-order chi connectivity index (χ0) is 13.1. The first kappa shape index (κ1) is 12.0. The molecule has 0 bridgehead atoms. The molecule has 0 aliphatic carbocycles. The van der Waals surface area contributed by atoms with E-state index in [2.05, 4.69) is 21.5 Å². The van der Waals surface area contributed by atoms with E-state index in [-0.39, 0.29) is 0 Å². The van der Waals surface area contributed by atoms with E-state index in [1.54, 1.807) is 6.33 Å². The van der Waals surface area contributed by atoms with Crippen molar-refractivity contribution in [2.24, 2.45) is 7.05 Å². The smallest absolute Gasteiger partial charge is 0.293 e. The molecule has 2 heterocycles. The summed E-state index contributed by atoms with van der Waals surface area (Å²) in [6.45, 7) is 5.93. The largest absolute Gasteiger partial charge is 0.368 e. The summed E-state index contributed by atoms with van der Waals surface area (Å²) in [6.07, 6.45) is 9.33. The van der Waals surface area contributed by atoms with Gasteiger partial charge in [0, 0.05) is 5.57 Å². The van der Waals surface area contributed by atoms with Crippen molar-refractivity contribution in [3.8, 4) is 0 Å². The average Bonchev–Trinajstić information content (AvgIpc) is 2.80. The van der Waals surface area contributed by atoms with Gasteiger partial charge in [-0.05, 0) is 6.92 Å². The molecular formula is C13H16N5+. The Morgan fingerprint density at radius 1 is 1.50 bits per heavy atom. The number of aryl methyl sites for hydroxylation is 1. The number of nitrogens with zero attached hydrogens (tertiary/aromatic N) is 3. The minimum atomic E-state index is 0.437. The second kappa shape index (κ2) is 4.83. The Morgan fingerprint density at radius 3 is 2.94 bits per heavy atom. The molecule has 0 fully saturated rings. The number of anilines is 1. The van der Waals surface area contributed by atoms with Crippen LogP contribution < -0.4 is 10.3 Å². The van der Waals surface area contributed by atoms with Gasteiger partial charge in [0.1, 0.15) is 0 Å². The number of allylic oxidation sites excluding steroid dienone is 5. The topological polar surface area (TPSA) is 71.5 Å². The molecule has 5 heteroatoms. The Balaban J connectivity index is 2.44. The maximum absolute atomic E-state index is 5.81. The van der Waals surface area contributed by atoms with Crippen LogP contribution in [-0.2, 0) is 7.05 Å². The van der Waals surface area contributed by atoms with E-state index < -0.39 is 0 Å². The monoisotopic (exact) mass is 242 g/mol. The summed E-state index contributed by atoms with van der Waals surface area (Å²) in [5.41, 5.74) is 8.09. The minimum Gasteiger partial charge on any atom is -0.368 e. The van der Waals surface area contributed by atoms with Crippen LogP contribution >= 0.6 is 0 Å². The first-order valence-electron chi connectivity index (χ1n) is 5.62. The molecule has 0 saturated heterocycles. The van der Waals surface area contributed by atoms with Crippen LogP contribution in [0.3, 0.4) is 0 Å². The molecule has 2 rings (SSSR count). The van der Waals surface area contributed by atoms with Crippen LogP contribution in [0.4, 0.5) is 5.82 Å². The lowest BCUT2D eigenvalue weighted by atomic mass is 10.2. The normalized spacial score (nSPS) is 11.9. The zero-order valence-corrected chi connectivity index (χ0v) is 10.5. The first-order valence-corrected chi connectivity index (χ1v) is 5.62. The quantitative estimate of drug-likeness (QED) is 0.633. The second-order valence-electron chi connectivity index (χ2n) is 3.93. The highest BCUT2D eigenvalue weighted by atomic mass is 15.1. The number of nitrogen functional groups attached to an aromatic ring is 1. The van der Waals surface area contributed by atoms with Gasteiger partial charge in [-0.2, -0.15) is 0 Å². The third kappa shape index (κ3) is 2.15. The van der Waals surface area contributed by atoms with Crippen molar-refractivity contribution < 1.29 is 4.57 Å². The van der Waals surface area contributed by atoms with Crippen LogP contribution in [0.2, 0.25) is 0 Å². The number of hydrogen-bond acceptors (Lipinski definition) is 3. The number of aromatic nitrogens is 4. The van der Waals surface area contributed by atoms with E-state index >= 15 is 0 Å². The fraction of sp³-hybridized carbons (Fsp3) is 0.154. The molecule has 18 heavy (non-hydrogen) atoms. The van der Waals surface area contributed by atoms with Gasteiger partial charge in [-0.25, -0.2) is 4.57 Å². The van der Waals surface area contributed by atoms with Gasteiger partial charge in [-0.1, -0.05) is 40.9 Å². The van der Waals surface area contributed by atoms with Crippen LogP contribution in [0.1, 0.15) is 12.7 Å². The molecule has 0 aromatic carbocycles. The number of H-pyrrole nitrogens is 1. The van der Waals surface area contributed by atoms with Crippen molar-refractivity contribution in [3.05, 3.63) is 43.0 Å². The number of imidazole rings is 1. The van der Waals surface area contributed by atoms with Crippen molar-refractivity contribution in [2.75, 3.05) is 5.73 Å². The molecule has 0 aliphatic heterocycles. The molecule has 2 aromatic heterocycles. The van der Waals surface area contributed by atoms with E-state index in [0.29, 0.717) is 11.6 Å². The van der Waals surface area contributed by atoms with Crippen LogP contribution in [0.5, 0.6) is 0 Å². The summed E-state index contributed by atoms with van der Waals surface area (Å²) in [5, 5.41) is 0. The van der Waals surface area contributed by atoms with Crippen molar-refractivity contribution in [1.29, 1.82) is 0 Å². The highest BCUT2D eigenvalue weighted by Crippen LogP contribution is 2.17. The number of aromatic amines is 1. The van der Waals surface area contributed by atoms with Crippen molar-refractivity contribution in [1.82, 2.24) is 15.0 Å². The van der Waals surface area contributed by atoms with Gasteiger partial charge in [0.25, 0.3) is 5.65 Å². The molecule has 0 aliphatic rings. The highest BCUT2D eigenvalue weighted by molar-refractivity contribution is 5.82. The Hall–Kier alpha value is -2.43. The van der Waals surface area contributed by atoms with Gasteiger partial charge < -0.3 is 10.7 Å². The third-order valence-corrected chi connectivity index (χ3v) is 2.55. The minimum absolute atomic E-state index is 0.437. The van der Waals surface area contributed by atoms with Crippen LogP contribution in [-0.4, -0.2) is 15.0 Å². The van der Waals surface area contributed by atoms with Gasteiger partial charge in [0.15, 0.2) is 5.52 Å². The average molecular weight is 242 g/mol. The predicted molar refractivity (Wildman–Crippen MR) is 72.5 cm³/mol. The summed E-state index contributed by atoms with van der Waals surface area (Å²) in [6, 6.07) is 0. The van der Waals surface area contributed by atoms with Gasteiger partial charge >= 0.3 is 0 Å². The summed E-state index contributed by atoms with van der Waals surface area (Å²) < 4.78 is 1.81. The van der Waals surface area contributed by atoms with Crippen molar-refractivity contribution in [3.63, 3.8) is 0 Å². The fourth-order valence-electron chi connectivity index (χ4n) is 1.58. The molecule has 0 saturated carbocycles.